The van der Waals surface area contributed by atoms with Crippen molar-refractivity contribution in [1.29, 1.82) is 0 Å². The molecule has 0 atom stereocenters. The number of aliphatic hydroxyl groups is 1. The van der Waals surface area contributed by atoms with Gasteiger partial charge in [0.05, 0.1) is 36.4 Å². The lowest BCUT2D eigenvalue weighted by Gasteiger charge is -2.26. The summed E-state index contributed by atoms with van der Waals surface area (Å²) < 4.78 is 18.9. The van der Waals surface area contributed by atoms with Gasteiger partial charge in [0.15, 0.2) is 0 Å². The van der Waals surface area contributed by atoms with Crippen molar-refractivity contribution in [2.75, 3.05) is 31.6 Å². The van der Waals surface area contributed by atoms with Crippen LogP contribution >= 0.6 is 22.9 Å². The molecule has 11 heteroatoms. The number of carbonyl (C=O) groups is 1. The number of anilines is 2. The Morgan fingerprint density at radius 1 is 1.35 bits per heavy atom. The Morgan fingerprint density at radius 2 is 2.24 bits per heavy atom. The number of hydrogen-bond donors (Lipinski definition) is 2. The second kappa shape index (κ2) is 11.4. The number of hydrogen-bond acceptors (Lipinski definition) is 8. The molecule has 0 bridgehead atoms. The maximum Gasteiger partial charge on any atom is 0.246 e. The fraction of sp³-hybridized carbons (Fsp3) is 0.269. The summed E-state index contributed by atoms with van der Waals surface area (Å²) in [5, 5.41) is 13.5. The summed E-state index contributed by atoms with van der Waals surface area (Å²) in [6, 6.07) is 8.15. The van der Waals surface area contributed by atoms with Gasteiger partial charge in [-0.15, -0.1) is 11.3 Å². The molecule has 37 heavy (non-hydrogen) atoms. The van der Waals surface area contributed by atoms with Crippen molar-refractivity contribution in [3.8, 4) is 0 Å². The highest BCUT2D eigenvalue weighted by molar-refractivity contribution is 7.19. The van der Waals surface area contributed by atoms with Crippen LogP contribution in [-0.4, -0.2) is 57.0 Å². The average molecular weight is 542 g/mol. The van der Waals surface area contributed by atoms with Gasteiger partial charge in [0.25, 0.3) is 0 Å². The van der Waals surface area contributed by atoms with Crippen molar-refractivity contribution in [2.24, 2.45) is 0 Å². The van der Waals surface area contributed by atoms with Gasteiger partial charge in [-0.3, -0.25) is 9.69 Å². The van der Waals surface area contributed by atoms with Crippen LogP contribution in [0.5, 0.6) is 0 Å². The second-order valence-corrected chi connectivity index (χ2v) is 10.1. The van der Waals surface area contributed by atoms with E-state index in [0.717, 1.165) is 26.4 Å². The van der Waals surface area contributed by atoms with E-state index in [1.807, 2.05) is 28.0 Å². The number of nitrogens with one attached hydrogen (secondary N) is 1. The van der Waals surface area contributed by atoms with E-state index in [2.05, 4.69) is 15.3 Å². The monoisotopic (exact) mass is 541 g/mol. The van der Waals surface area contributed by atoms with Crippen LogP contribution in [-0.2, 0) is 24.3 Å². The molecule has 1 aromatic carbocycles. The van der Waals surface area contributed by atoms with Crippen LogP contribution in [0.1, 0.15) is 16.2 Å². The molecule has 5 rings (SSSR count). The van der Waals surface area contributed by atoms with Crippen molar-refractivity contribution < 1.29 is 18.7 Å². The van der Waals surface area contributed by atoms with Crippen molar-refractivity contribution in [3.05, 3.63) is 82.1 Å². The minimum Gasteiger partial charge on any atom is -0.468 e. The van der Waals surface area contributed by atoms with Crippen LogP contribution in [0.15, 0.2) is 59.5 Å². The molecule has 4 heterocycles. The first-order chi connectivity index (χ1) is 18.0. The SMILES string of the molecule is O=C(/C=C/CN(CCO)Cc1ccco1)N1CCc2c(sc3ncnc(Nc4ccc(F)c(Cl)c4)c23)C1. The molecule has 0 saturated heterocycles. The molecular weight excluding hydrogens is 517 g/mol. The topological polar surface area (TPSA) is 94.7 Å². The van der Waals surface area contributed by atoms with E-state index in [1.165, 1.54) is 18.5 Å². The van der Waals surface area contributed by atoms with Gasteiger partial charge in [0.2, 0.25) is 5.91 Å². The quantitative estimate of drug-likeness (QED) is 0.295. The predicted octanol–water partition coefficient (Wildman–Crippen LogP) is 4.76. The third-order valence-corrected chi connectivity index (χ3v) is 7.55. The van der Waals surface area contributed by atoms with Gasteiger partial charge in [-0.1, -0.05) is 17.7 Å². The van der Waals surface area contributed by atoms with Crippen LogP contribution in [0.2, 0.25) is 5.02 Å². The van der Waals surface area contributed by atoms with Crippen molar-refractivity contribution in [1.82, 2.24) is 19.8 Å². The molecule has 2 N–H and O–H groups in total. The molecule has 0 radical (unpaired) electrons. The molecule has 0 aliphatic carbocycles. The number of thiophene rings is 1. The van der Waals surface area contributed by atoms with Gasteiger partial charge in [-0.05, 0) is 42.3 Å². The lowest BCUT2D eigenvalue weighted by atomic mass is 10.0. The van der Waals surface area contributed by atoms with Crippen LogP contribution in [0.3, 0.4) is 0 Å². The van der Waals surface area contributed by atoms with Gasteiger partial charge in [-0.2, -0.15) is 0 Å². The molecule has 3 aromatic heterocycles. The standard InChI is InChI=1S/C26H25ClFN5O3S/c27-20-13-17(5-6-21(20)28)31-25-24-19-7-9-33(15-22(19)37-26(24)30-16-29-25)23(35)4-1-8-32(10-11-34)14-18-3-2-12-36-18/h1-6,12-13,16,34H,7-11,14-15H2,(H,29,30,31)/b4-1+. The highest BCUT2D eigenvalue weighted by Gasteiger charge is 2.25. The molecule has 192 valence electrons. The fourth-order valence-electron chi connectivity index (χ4n) is 4.33. The maximum absolute atomic E-state index is 13.6. The third kappa shape index (κ3) is 5.83. The summed E-state index contributed by atoms with van der Waals surface area (Å²) in [4.78, 5) is 27.5. The predicted molar refractivity (Wildman–Crippen MR) is 141 cm³/mol. The number of fused-ring (bicyclic) bond motifs is 3. The first-order valence-corrected chi connectivity index (χ1v) is 13.0. The molecule has 1 amide bonds. The smallest absolute Gasteiger partial charge is 0.246 e. The van der Waals surface area contributed by atoms with E-state index >= 15 is 0 Å². The zero-order chi connectivity index (χ0) is 25.8. The molecule has 0 spiro atoms. The fourth-order valence-corrected chi connectivity index (χ4v) is 5.71. The van der Waals surface area contributed by atoms with Crippen molar-refractivity contribution >= 4 is 50.6 Å². The minimum absolute atomic E-state index is 0.0251. The Labute approximate surface area is 222 Å². The van der Waals surface area contributed by atoms with Gasteiger partial charge in [0.1, 0.15) is 28.6 Å². The highest BCUT2D eigenvalue weighted by Crippen LogP contribution is 2.38. The first kappa shape index (κ1) is 25.3. The van der Waals surface area contributed by atoms with Crippen LogP contribution in [0, 0.1) is 5.82 Å². The molecule has 0 saturated carbocycles. The van der Waals surface area contributed by atoms with Gasteiger partial charge in [-0.25, -0.2) is 14.4 Å². The second-order valence-electron chi connectivity index (χ2n) is 8.61. The Kier molecular flexibility index (Phi) is 7.80. The van der Waals surface area contributed by atoms with E-state index in [-0.39, 0.29) is 17.5 Å². The highest BCUT2D eigenvalue weighted by atomic mass is 35.5. The van der Waals surface area contributed by atoms with E-state index in [9.17, 15) is 14.3 Å². The number of carbonyl (C=O) groups excluding carboxylic acids is 1. The first-order valence-electron chi connectivity index (χ1n) is 11.8. The van der Waals surface area contributed by atoms with E-state index < -0.39 is 5.82 Å². The minimum atomic E-state index is -0.481. The Morgan fingerprint density at radius 3 is 3.03 bits per heavy atom. The Balaban J connectivity index is 1.27. The Bertz CT molecular complexity index is 1430. The number of benzene rings is 1. The average Bonchev–Trinajstić information content (AvgIpc) is 3.53. The number of amides is 1. The molecule has 0 unspecified atom stereocenters. The zero-order valence-electron chi connectivity index (χ0n) is 19.9. The van der Waals surface area contributed by atoms with Gasteiger partial charge in [0, 0.05) is 36.3 Å². The lowest BCUT2D eigenvalue weighted by molar-refractivity contribution is -0.126. The summed E-state index contributed by atoms with van der Waals surface area (Å²) in [6.07, 6.45) is 7.20. The van der Waals surface area contributed by atoms with Gasteiger partial charge < -0.3 is 19.7 Å². The normalized spacial score (nSPS) is 13.6. The molecule has 4 aromatic rings. The number of rotatable bonds is 9. The zero-order valence-corrected chi connectivity index (χ0v) is 21.4. The summed E-state index contributed by atoms with van der Waals surface area (Å²) in [6.45, 7) is 2.65. The number of aliphatic hydroxyl groups excluding tert-OH is 1. The van der Waals surface area contributed by atoms with Crippen molar-refractivity contribution in [2.45, 2.75) is 19.5 Å². The number of furan rings is 1. The van der Waals surface area contributed by atoms with Crippen LogP contribution in [0.4, 0.5) is 15.9 Å². The maximum atomic E-state index is 13.6. The lowest BCUT2D eigenvalue weighted by Crippen LogP contribution is -2.34. The summed E-state index contributed by atoms with van der Waals surface area (Å²) in [7, 11) is 0. The largest absolute Gasteiger partial charge is 0.468 e. The summed E-state index contributed by atoms with van der Waals surface area (Å²) in [5.41, 5.74) is 1.75. The molecule has 1 aliphatic rings. The summed E-state index contributed by atoms with van der Waals surface area (Å²) >= 11 is 7.48. The number of aromatic nitrogens is 2. The molecule has 0 fully saturated rings. The molecule has 1 aliphatic heterocycles. The Hall–Kier alpha value is -3.31. The van der Waals surface area contributed by atoms with Gasteiger partial charge >= 0.3 is 0 Å². The van der Waals surface area contributed by atoms with E-state index in [0.29, 0.717) is 50.6 Å². The van der Waals surface area contributed by atoms with E-state index in [4.69, 9.17) is 16.0 Å². The number of halogens is 2. The third-order valence-electron chi connectivity index (χ3n) is 6.13. The van der Waals surface area contributed by atoms with Crippen LogP contribution in [0.25, 0.3) is 10.2 Å². The van der Waals surface area contributed by atoms with Crippen molar-refractivity contribution in [3.63, 3.8) is 0 Å². The van der Waals surface area contributed by atoms with Crippen LogP contribution < -0.4 is 5.32 Å². The molecule has 8 nitrogen and oxygen atoms in total. The number of nitrogens with zero attached hydrogens (tertiary/aromatic N) is 4. The summed E-state index contributed by atoms with van der Waals surface area (Å²) in [5.74, 6) is 0.896. The van der Waals surface area contributed by atoms with E-state index in [1.54, 1.807) is 29.7 Å². The molecular formula is C26H25ClFN5O3S.